The van der Waals surface area contributed by atoms with Crippen LogP contribution in [0.2, 0.25) is 0 Å². The maximum absolute atomic E-state index is 11.2. The monoisotopic (exact) mass is 295 g/mol. The van der Waals surface area contributed by atoms with E-state index in [2.05, 4.69) is 4.98 Å². The lowest BCUT2D eigenvalue weighted by Gasteiger charge is -2.38. The lowest BCUT2D eigenvalue weighted by atomic mass is 9.91. The predicted molar refractivity (Wildman–Crippen MR) is 74.5 cm³/mol. The van der Waals surface area contributed by atoms with Crippen LogP contribution in [0.3, 0.4) is 0 Å². The highest BCUT2D eigenvalue weighted by molar-refractivity contribution is 5.93. The van der Waals surface area contributed by atoms with E-state index in [0.29, 0.717) is 18.8 Å². The largest absolute Gasteiger partial charge is 0.477 e. The molecule has 1 aliphatic rings. The van der Waals surface area contributed by atoms with Crippen LogP contribution >= 0.6 is 0 Å². The molecule has 1 aliphatic carbocycles. The van der Waals surface area contributed by atoms with Crippen LogP contribution in [-0.2, 0) is 0 Å². The first-order chi connectivity index (χ1) is 10.0. The summed E-state index contributed by atoms with van der Waals surface area (Å²) in [6.07, 6.45) is 4.58. The second kappa shape index (κ2) is 6.49. The number of pyridine rings is 1. The maximum Gasteiger partial charge on any atom is 0.342 e. The molecule has 0 unspecified atom stereocenters. The minimum Gasteiger partial charge on any atom is -0.477 e. The molecule has 1 fully saturated rings. The lowest BCUT2D eigenvalue weighted by molar-refractivity contribution is -0.385. The van der Waals surface area contributed by atoms with Gasteiger partial charge in [0.2, 0.25) is 0 Å². The molecule has 2 rings (SSSR count). The number of carboxylic acids is 1. The summed E-state index contributed by atoms with van der Waals surface area (Å²) < 4.78 is 0. The molecule has 8 nitrogen and oxygen atoms in total. The molecule has 0 radical (unpaired) electrons. The second-order valence-corrected chi connectivity index (χ2v) is 4.98. The zero-order valence-electron chi connectivity index (χ0n) is 11.4. The van der Waals surface area contributed by atoms with E-state index in [0.717, 1.165) is 25.5 Å². The Morgan fingerprint density at radius 2 is 2.24 bits per heavy atom. The third-order valence-corrected chi connectivity index (χ3v) is 3.66. The molecule has 1 aromatic heterocycles. The van der Waals surface area contributed by atoms with Crippen molar-refractivity contribution >= 4 is 17.5 Å². The predicted octanol–water partition coefficient (Wildman–Crippen LogP) is 1.43. The van der Waals surface area contributed by atoms with Gasteiger partial charge in [-0.2, -0.15) is 0 Å². The Balaban J connectivity index is 2.33. The number of aromatic nitrogens is 1. The molecule has 2 N–H and O–H groups in total. The van der Waals surface area contributed by atoms with Crippen molar-refractivity contribution in [2.24, 2.45) is 0 Å². The fourth-order valence-electron chi connectivity index (χ4n) is 2.33. The molecular weight excluding hydrogens is 278 g/mol. The Hall–Kier alpha value is -2.22. The van der Waals surface area contributed by atoms with Crippen molar-refractivity contribution in [2.45, 2.75) is 31.7 Å². The fourth-order valence-corrected chi connectivity index (χ4v) is 2.33. The molecule has 0 atom stereocenters. The first-order valence-electron chi connectivity index (χ1n) is 6.80. The molecule has 1 heterocycles. The molecule has 8 heteroatoms. The fraction of sp³-hybridized carbons (Fsp3) is 0.538. The van der Waals surface area contributed by atoms with Gasteiger partial charge in [-0.1, -0.05) is 0 Å². The van der Waals surface area contributed by atoms with E-state index in [9.17, 15) is 14.9 Å². The van der Waals surface area contributed by atoms with Crippen molar-refractivity contribution < 1.29 is 19.9 Å². The molecule has 0 aliphatic heterocycles. The van der Waals surface area contributed by atoms with Crippen LogP contribution in [0.5, 0.6) is 0 Å². The SMILES string of the molecule is O=C(O)c1cc(N(CCCO)C2CCC2)ncc1[N+](=O)[O-]. The third-order valence-electron chi connectivity index (χ3n) is 3.66. The number of carbonyl (C=O) groups is 1. The zero-order valence-corrected chi connectivity index (χ0v) is 11.4. The highest BCUT2D eigenvalue weighted by Gasteiger charge is 2.28. The molecule has 1 saturated carbocycles. The van der Waals surface area contributed by atoms with Crippen molar-refractivity contribution in [1.82, 2.24) is 4.98 Å². The number of anilines is 1. The van der Waals surface area contributed by atoms with E-state index in [1.807, 2.05) is 4.90 Å². The summed E-state index contributed by atoms with van der Waals surface area (Å²) in [6.45, 7) is 0.576. The molecule has 21 heavy (non-hydrogen) atoms. The summed E-state index contributed by atoms with van der Waals surface area (Å²) in [5, 5.41) is 28.9. The summed E-state index contributed by atoms with van der Waals surface area (Å²) in [4.78, 5) is 27.2. The quantitative estimate of drug-likeness (QED) is 0.577. The molecule has 0 saturated heterocycles. The third kappa shape index (κ3) is 3.27. The van der Waals surface area contributed by atoms with Gasteiger partial charge in [0, 0.05) is 25.3 Å². The maximum atomic E-state index is 11.2. The Morgan fingerprint density at radius 1 is 1.52 bits per heavy atom. The van der Waals surface area contributed by atoms with Crippen LogP contribution in [0.4, 0.5) is 11.5 Å². The van der Waals surface area contributed by atoms with Gasteiger partial charge in [-0.25, -0.2) is 9.78 Å². The number of aliphatic hydroxyl groups is 1. The van der Waals surface area contributed by atoms with Gasteiger partial charge in [-0.15, -0.1) is 0 Å². The van der Waals surface area contributed by atoms with Gasteiger partial charge in [0.05, 0.1) is 4.92 Å². The molecule has 0 aromatic carbocycles. The van der Waals surface area contributed by atoms with Crippen LogP contribution < -0.4 is 4.90 Å². The van der Waals surface area contributed by atoms with Gasteiger partial charge >= 0.3 is 11.7 Å². The average Bonchev–Trinajstić information content (AvgIpc) is 2.40. The second-order valence-electron chi connectivity index (χ2n) is 4.98. The lowest BCUT2D eigenvalue weighted by Crippen LogP contribution is -2.41. The highest BCUT2D eigenvalue weighted by Crippen LogP contribution is 2.30. The van der Waals surface area contributed by atoms with Gasteiger partial charge < -0.3 is 15.1 Å². The van der Waals surface area contributed by atoms with E-state index >= 15 is 0 Å². The van der Waals surface area contributed by atoms with Crippen molar-refractivity contribution in [3.05, 3.63) is 27.9 Å². The average molecular weight is 295 g/mol. The topological polar surface area (TPSA) is 117 Å². The van der Waals surface area contributed by atoms with Crippen LogP contribution in [0.15, 0.2) is 12.3 Å². The van der Waals surface area contributed by atoms with Crippen LogP contribution in [0, 0.1) is 10.1 Å². The number of rotatable bonds is 7. The minimum atomic E-state index is -1.35. The number of aliphatic hydroxyl groups excluding tert-OH is 1. The summed E-state index contributed by atoms with van der Waals surface area (Å²) in [7, 11) is 0. The van der Waals surface area contributed by atoms with Crippen molar-refractivity contribution in [2.75, 3.05) is 18.1 Å². The van der Waals surface area contributed by atoms with Gasteiger partial charge in [0.25, 0.3) is 0 Å². The summed E-state index contributed by atoms with van der Waals surface area (Å²) >= 11 is 0. The van der Waals surface area contributed by atoms with E-state index in [1.54, 1.807) is 0 Å². The number of nitro groups is 1. The Bertz CT molecular complexity index is 545. The first-order valence-corrected chi connectivity index (χ1v) is 6.80. The van der Waals surface area contributed by atoms with Crippen LogP contribution in [0.1, 0.15) is 36.0 Å². The normalized spacial score (nSPS) is 14.5. The first kappa shape index (κ1) is 15.2. The summed E-state index contributed by atoms with van der Waals surface area (Å²) in [5.41, 5.74) is -0.875. The number of hydrogen-bond donors (Lipinski definition) is 2. The van der Waals surface area contributed by atoms with E-state index in [1.165, 1.54) is 6.07 Å². The Labute approximate surface area is 121 Å². The number of aromatic carboxylic acids is 1. The molecule has 1 aromatic rings. The van der Waals surface area contributed by atoms with Gasteiger partial charge in [0.15, 0.2) is 0 Å². The molecule has 0 amide bonds. The van der Waals surface area contributed by atoms with Crippen molar-refractivity contribution in [3.8, 4) is 0 Å². The minimum absolute atomic E-state index is 0.0298. The standard InChI is InChI=1S/C13H17N3O5/c17-6-2-5-15(9-3-1-4-9)12-7-10(13(18)19)11(8-14-12)16(20)21/h7-9,17H,1-6H2,(H,18,19). The number of hydrogen-bond acceptors (Lipinski definition) is 6. The Kier molecular flexibility index (Phi) is 4.69. The summed E-state index contributed by atoms with van der Waals surface area (Å²) in [6, 6.07) is 1.50. The van der Waals surface area contributed by atoms with Crippen molar-refractivity contribution in [1.29, 1.82) is 0 Å². The van der Waals surface area contributed by atoms with Crippen molar-refractivity contribution in [3.63, 3.8) is 0 Å². The summed E-state index contributed by atoms with van der Waals surface area (Å²) in [5.74, 6) is -0.933. The number of nitrogens with zero attached hydrogens (tertiary/aromatic N) is 3. The van der Waals surface area contributed by atoms with Gasteiger partial charge in [-0.05, 0) is 25.7 Å². The van der Waals surface area contributed by atoms with Gasteiger partial charge in [-0.3, -0.25) is 10.1 Å². The van der Waals surface area contributed by atoms with Crippen LogP contribution in [-0.4, -0.2) is 45.3 Å². The highest BCUT2D eigenvalue weighted by atomic mass is 16.6. The number of carboxylic acid groups (broad SMARTS) is 1. The van der Waals surface area contributed by atoms with E-state index < -0.39 is 16.6 Å². The Morgan fingerprint density at radius 3 is 2.71 bits per heavy atom. The molecule has 0 bridgehead atoms. The van der Waals surface area contributed by atoms with Gasteiger partial charge in [0.1, 0.15) is 17.6 Å². The zero-order chi connectivity index (χ0) is 15.4. The smallest absolute Gasteiger partial charge is 0.342 e. The molecule has 0 spiro atoms. The molecular formula is C13H17N3O5. The van der Waals surface area contributed by atoms with Crippen LogP contribution in [0.25, 0.3) is 0 Å². The van der Waals surface area contributed by atoms with E-state index in [-0.39, 0.29) is 18.2 Å². The van der Waals surface area contributed by atoms with E-state index in [4.69, 9.17) is 10.2 Å². The molecule has 114 valence electrons.